The van der Waals surface area contributed by atoms with Crippen LogP contribution >= 0.6 is 0 Å². The van der Waals surface area contributed by atoms with Crippen LogP contribution in [0.3, 0.4) is 0 Å². The molecule has 6 nitrogen and oxygen atoms in total. The van der Waals surface area contributed by atoms with Crippen molar-refractivity contribution in [3.05, 3.63) is 0 Å². The molecule has 0 aromatic rings. The van der Waals surface area contributed by atoms with E-state index in [1.54, 1.807) is 0 Å². The molecule has 0 heterocycles. The molecule has 0 saturated carbocycles. The van der Waals surface area contributed by atoms with Crippen LogP contribution in [0.1, 0.15) is 19.8 Å². The smallest absolute Gasteiger partial charge is 0.314 e. The topological polar surface area (TPSA) is 93.4 Å². The molecular formula is C9H19N3O3. The average Bonchev–Trinajstić information content (AvgIpc) is 2.17. The quantitative estimate of drug-likeness (QED) is 0.482. The van der Waals surface area contributed by atoms with Crippen LogP contribution in [0, 0.1) is 0 Å². The summed E-state index contributed by atoms with van der Waals surface area (Å²) in [5.41, 5.74) is 4.85. The molecule has 0 aliphatic rings. The van der Waals surface area contributed by atoms with E-state index in [9.17, 15) is 9.59 Å². The number of rotatable bonds is 8. The second-order valence-electron chi connectivity index (χ2n) is 3.06. The monoisotopic (exact) mass is 217 g/mol. The lowest BCUT2D eigenvalue weighted by Crippen LogP contribution is -2.38. The molecule has 0 unspecified atom stereocenters. The summed E-state index contributed by atoms with van der Waals surface area (Å²) in [5.74, 6) is -0.512. The molecule has 0 aromatic carbocycles. The largest absolute Gasteiger partial charge is 0.370 e. The second-order valence-corrected chi connectivity index (χ2v) is 3.06. The lowest BCUT2D eigenvalue weighted by Gasteiger charge is -2.06. The molecule has 4 N–H and O–H groups in total. The molecule has 0 bridgehead atoms. The van der Waals surface area contributed by atoms with Gasteiger partial charge in [-0.3, -0.25) is 4.79 Å². The van der Waals surface area contributed by atoms with Crippen molar-refractivity contribution in [2.45, 2.75) is 19.8 Å². The summed E-state index contributed by atoms with van der Waals surface area (Å²) in [5, 5.41) is 5.27. The van der Waals surface area contributed by atoms with Crippen LogP contribution in [0.25, 0.3) is 0 Å². The molecule has 0 aliphatic heterocycles. The minimum absolute atomic E-state index is 0.112. The fourth-order valence-electron chi connectivity index (χ4n) is 0.851. The van der Waals surface area contributed by atoms with Gasteiger partial charge in [0, 0.05) is 13.1 Å². The first-order valence-corrected chi connectivity index (χ1v) is 5.04. The Morgan fingerprint density at radius 3 is 2.53 bits per heavy atom. The number of carbonyl (C=O) groups excluding carboxylic acids is 2. The van der Waals surface area contributed by atoms with Crippen LogP contribution in [0.4, 0.5) is 4.79 Å². The zero-order valence-corrected chi connectivity index (χ0v) is 9.04. The number of carbonyl (C=O) groups is 2. The summed E-state index contributed by atoms with van der Waals surface area (Å²) in [6.07, 6.45) is 2.01. The first kappa shape index (κ1) is 13.7. The third-order valence-corrected chi connectivity index (χ3v) is 1.59. The van der Waals surface area contributed by atoms with Crippen molar-refractivity contribution in [1.29, 1.82) is 0 Å². The van der Waals surface area contributed by atoms with E-state index in [0.717, 1.165) is 12.8 Å². The summed E-state index contributed by atoms with van der Waals surface area (Å²) in [7, 11) is 0. The first-order valence-electron chi connectivity index (χ1n) is 5.04. The van der Waals surface area contributed by atoms with Gasteiger partial charge >= 0.3 is 6.03 Å². The Kier molecular flexibility index (Phi) is 8.46. The van der Waals surface area contributed by atoms with E-state index in [4.69, 9.17) is 10.5 Å². The molecule has 3 amide bonds. The summed E-state index contributed by atoms with van der Waals surface area (Å²) < 4.78 is 4.85. The van der Waals surface area contributed by atoms with Crippen molar-refractivity contribution >= 4 is 11.9 Å². The summed E-state index contributed by atoms with van der Waals surface area (Å²) >= 11 is 0. The molecule has 88 valence electrons. The van der Waals surface area contributed by atoms with Crippen LogP contribution in [0.15, 0.2) is 0 Å². The van der Waals surface area contributed by atoms with Gasteiger partial charge in [0.1, 0.15) is 6.61 Å². The van der Waals surface area contributed by atoms with Crippen LogP contribution in [-0.2, 0) is 9.53 Å². The Balaban J connectivity index is 3.20. The van der Waals surface area contributed by atoms with Crippen molar-refractivity contribution in [1.82, 2.24) is 10.6 Å². The zero-order chi connectivity index (χ0) is 11.5. The van der Waals surface area contributed by atoms with Gasteiger partial charge in [-0.25, -0.2) is 4.79 Å². The van der Waals surface area contributed by atoms with Crippen molar-refractivity contribution < 1.29 is 14.3 Å². The van der Waals surface area contributed by atoms with Gasteiger partial charge in [0.15, 0.2) is 0 Å². The van der Waals surface area contributed by atoms with Gasteiger partial charge < -0.3 is 21.1 Å². The zero-order valence-electron chi connectivity index (χ0n) is 9.04. The SMILES string of the molecule is CCCCNC(=O)NCCOCC(N)=O. The Labute approximate surface area is 89.5 Å². The maximum Gasteiger partial charge on any atom is 0.314 e. The minimum Gasteiger partial charge on any atom is -0.370 e. The predicted molar refractivity (Wildman–Crippen MR) is 56.3 cm³/mol. The fraction of sp³-hybridized carbons (Fsp3) is 0.778. The van der Waals surface area contributed by atoms with Gasteiger partial charge in [-0.15, -0.1) is 0 Å². The van der Waals surface area contributed by atoms with Gasteiger partial charge in [-0.2, -0.15) is 0 Å². The first-order chi connectivity index (χ1) is 7.16. The highest BCUT2D eigenvalue weighted by atomic mass is 16.5. The third-order valence-electron chi connectivity index (χ3n) is 1.59. The highest BCUT2D eigenvalue weighted by molar-refractivity contribution is 5.75. The molecule has 0 spiro atoms. The van der Waals surface area contributed by atoms with Crippen LogP contribution in [0.2, 0.25) is 0 Å². The molecule has 6 heteroatoms. The van der Waals surface area contributed by atoms with Gasteiger partial charge in [-0.05, 0) is 6.42 Å². The van der Waals surface area contributed by atoms with E-state index >= 15 is 0 Å². The molecule has 0 aromatic heterocycles. The Morgan fingerprint density at radius 1 is 1.27 bits per heavy atom. The van der Waals surface area contributed by atoms with Gasteiger partial charge in [0.2, 0.25) is 5.91 Å². The Hall–Kier alpha value is -1.30. The van der Waals surface area contributed by atoms with Crippen molar-refractivity contribution in [3.63, 3.8) is 0 Å². The Bertz CT molecular complexity index is 197. The van der Waals surface area contributed by atoms with E-state index in [-0.39, 0.29) is 19.2 Å². The fourth-order valence-corrected chi connectivity index (χ4v) is 0.851. The predicted octanol–water partition coefficient (Wildman–Crippen LogP) is -0.412. The molecule has 15 heavy (non-hydrogen) atoms. The summed E-state index contributed by atoms with van der Waals surface area (Å²) in [6.45, 7) is 3.26. The van der Waals surface area contributed by atoms with E-state index in [1.165, 1.54) is 0 Å². The lowest BCUT2D eigenvalue weighted by molar-refractivity contribution is -0.122. The number of unbranched alkanes of at least 4 members (excludes halogenated alkanes) is 1. The molecule has 0 radical (unpaired) electrons. The molecule has 0 saturated heterocycles. The molecule has 0 rings (SSSR count). The number of primary amides is 1. The number of amides is 3. The molecule has 0 aliphatic carbocycles. The van der Waals surface area contributed by atoms with Gasteiger partial charge in [0.05, 0.1) is 6.61 Å². The Morgan fingerprint density at radius 2 is 1.93 bits per heavy atom. The van der Waals surface area contributed by atoms with Crippen LogP contribution in [-0.4, -0.2) is 38.2 Å². The molecular weight excluding hydrogens is 198 g/mol. The minimum atomic E-state index is -0.512. The van der Waals surface area contributed by atoms with Crippen LogP contribution in [0.5, 0.6) is 0 Å². The number of nitrogens with one attached hydrogen (secondary N) is 2. The highest BCUT2D eigenvalue weighted by Gasteiger charge is 1.98. The third kappa shape index (κ3) is 10.6. The van der Waals surface area contributed by atoms with Gasteiger partial charge in [-0.1, -0.05) is 13.3 Å². The lowest BCUT2D eigenvalue weighted by atomic mass is 10.3. The second kappa shape index (κ2) is 9.26. The summed E-state index contributed by atoms with van der Waals surface area (Å²) in [4.78, 5) is 21.3. The van der Waals surface area contributed by atoms with E-state index in [1.807, 2.05) is 0 Å². The van der Waals surface area contributed by atoms with E-state index < -0.39 is 5.91 Å². The molecule has 0 fully saturated rings. The number of ether oxygens (including phenoxy) is 1. The van der Waals surface area contributed by atoms with E-state index in [2.05, 4.69) is 17.6 Å². The average molecular weight is 217 g/mol. The number of hydrogen-bond donors (Lipinski definition) is 3. The van der Waals surface area contributed by atoms with Crippen LogP contribution < -0.4 is 16.4 Å². The normalized spacial score (nSPS) is 9.67. The van der Waals surface area contributed by atoms with Crippen molar-refractivity contribution in [2.24, 2.45) is 5.73 Å². The van der Waals surface area contributed by atoms with E-state index in [0.29, 0.717) is 13.1 Å². The number of urea groups is 1. The maximum absolute atomic E-state index is 11.0. The number of hydrogen-bond acceptors (Lipinski definition) is 3. The number of nitrogens with two attached hydrogens (primary N) is 1. The molecule has 0 atom stereocenters. The van der Waals surface area contributed by atoms with Crippen molar-refractivity contribution in [2.75, 3.05) is 26.3 Å². The maximum atomic E-state index is 11.0. The standard InChI is InChI=1S/C9H19N3O3/c1-2-3-4-11-9(14)12-5-6-15-7-8(10)13/h2-7H2,1H3,(H2,10,13)(H2,11,12,14). The highest BCUT2D eigenvalue weighted by Crippen LogP contribution is 1.81. The summed E-state index contributed by atoms with van der Waals surface area (Å²) in [6, 6.07) is -0.217. The van der Waals surface area contributed by atoms with Gasteiger partial charge in [0.25, 0.3) is 0 Å². The van der Waals surface area contributed by atoms with Crippen molar-refractivity contribution in [3.8, 4) is 0 Å².